The molecular weight excluding hydrogens is 226 g/mol. The van der Waals surface area contributed by atoms with Crippen LogP contribution in [-0.2, 0) is 6.42 Å². The summed E-state index contributed by atoms with van der Waals surface area (Å²) < 4.78 is 0. The highest BCUT2D eigenvalue weighted by atomic mass is 16.2. The predicted molar refractivity (Wildman–Crippen MR) is 74.8 cm³/mol. The molecule has 2 rings (SSSR count). The molecule has 1 heterocycles. The van der Waals surface area contributed by atoms with Crippen molar-refractivity contribution in [2.45, 2.75) is 33.2 Å². The van der Waals surface area contributed by atoms with Crippen LogP contribution in [0.2, 0.25) is 0 Å². The lowest BCUT2D eigenvalue weighted by Gasteiger charge is -2.29. The molecule has 1 aromatic rings. The lowest BCUT2D eigenvalue weighted by atomic mass is 10.1. The van der Waals surface area contributed by atoms with Crippen LogP contribution in [0.1, 0.15) is 26.3 Å². The summed E-state index contributed by atoms with van der Waals surface area (Å²) in [7, 11) is 0. The Hall–Kier alpha value is -1.71. The summed E-state index contributed by atoms with van der Waals surface area (Å²) in [6.45, 7) is 7.57. The van der Waals surface area contributed by atoms with Gasteiger partial charge < -0.3 is 10.6 Å². The second-order valence-corrected chi connectivity index (χ2v) is 4.77. The molecule has 18 heavy (non-hydrogen) atoms. The first-order valence-corrected chi connectivity index (χ1v) is 6.55. The number of hydrogen-bond acceptors (Lipinski definition) is 2. The van der Waals surface area contributed by atoms with Gasteiger partial charge in [0.15, 0.2) is 0 Å². The minimum Gasteiger partial charge on any atom is -0.399 e. The van der Waals surface area contributed by atoms with Gasteiger partial charge in [-0.2, -0.15) is 0 Å². The number of benzene rings is 1. The standard InChI is InChI=1S/C14H21N3O/c1-4-16(5-2)14(18)17-10(3)8-11-9-12(15)6-7-13(11)17/h6-7,9-10H,4-5,8,15H2,1-3H3. The fourth-order valence-corrected chi connectivity index (χ4v) is 2.59. The van der Waals surface area contributed by atoms with E-state index in [2.05, 4.69) is 6.92 Å². The van der Waals surface area contributed by atoms with E-state index >= 15 is 0 Å². The maximum absolute atomic E-state index is 12.5. The number of carbonyl (C=O) groups excluding carboxylic acids is 1. The van der Waals surface area contributed by atoms with E-state index in [1.165, 1.54) is 5.56 Å². The second-order valence-electron chi connectivity index (χ2n) is 4.77. The van der Waals surface area contributed by atoms with Crippen LogP contribution in [0, 0.1) is 0 Å². The van der Waals surface area contributed by atoms with Crippen LogP contribution in [0.25, 0.3) is 0 Å². The molecule has 2 amide bonds. The molecule has 1 aliphatic heterocycles. The molecule has 0 saturated carbocycles. The summed E-state index contributed by atoms with van der Waals surface area (Å²) in [5, 5.41) is 0. The van der Waals surface area contributed by atoms with E-state index in [4.69, 9.17) is 5.73 Å². The van der Waals surface area contributed by atoms with Gasteiger partial charge in [-0.05, 0) is 51.0 Å². The highest BCUT2D eigenvalue weighted by Crippen LogP contribution is 2.34. The van der Waals surface area contributed by atoms with Gasteiger partial charge in [0.1, 0.15) is 0 Å². The van der Waals surface area contributed by atoms with Crippen LogP contribution in [0.4, 0.5) is 16.2 Å². The van der Waals surface area contributed by atoms with Gasteiger partial charge in [-0.15, -0.1) is 0 Å². The molecule has 1 unspecified atom stereocenters. The quantitative estimate of drug-likeness (QED) is 0.816. The van der Waals surface area contributed by atoms with Crippen molar-refractivity contribution in [1.29, 1.82) is 0 Å². The van der Waals surface area contributed by atoms with Gasteiger partial charge in [0, 0.05) is 30.5 Å². The molecular formula is C14H21N3O. The van der Waals surface area contributed by atoms with E-state index in [1.807, 2.05) is 41.8 Å². The zero-order valence-electron chi connectivity index (χ0n) is 11.3. The number of anilines is 2. The summed E-state index contributed by atoms with van der Waals surface area (Å²) in [5.41, 5.74) is 8.74. The summed E-state index contributed by atoms with van der Waals surface area (Å²) in [5.74, 6) is 0. The van der Waals surface area contributed by atoms with Crippen molar-refractivity contribution in [3.8, 4) is 0 Å². The monoisotopic (exact) mass is 247 g/mol. The van der Waals surface area contributed by atoms with E-state index in [9.17, 15) is 4.79 Å². The molecule has 0 radical (unpaired) electrons. The Balaban J connectivity index is 2.33. The van der Waals surface area contributed by atoms with Crippen LogP contribution < -0.4 is 10.6 Å². The molecule has 0 aliphatic carbocycles. The summed E-state index contributed by atoms with van der Waals surface area (Å²) >= 11 is 0. The van der Waals surface area contributed by atoms with E-state index in [0.717, 1.165) is 30.9 Å². The Morgan fingerprint density at radius 3 is 2.72 bits per heavy atom. The van der Waals surface area contributed by atoms with Crippen molar-refractivity contribution in [1.82, 2.24) is 4.90 Å². The molecule has 0 saturated heterocycles. The fourth-order valence-electron chi connectivity index (χ4n) is 2.59. The van der Waals surface area contributed by atoms with Gasteiger partial charge in [-0.25, -0.2) is 4.79 Å². The number of rotatable bonds is 2. The Labute approximate surface area is 108 Å². The smallest absolute Gasteiger partial charge is 0.324 e. The largest absolute Gasteiger partial charge is 0.399 e. The molecule has 0 spiro atoms. The third-order valence-corrected chi connectivity index (χ3v) is 3.56. The number of nitrogens with two attached hydrogens (primary N) is 1. The number of nitrogens with zero attached hydrogens (tertiary/aromatic N) is 2. The zero-order valence-corrected chi connectivity index (χ0v) is 11.3. The highest BCUT2D eigenvalue weighted by Gasteiger charge is 2.32. The molecule has 1 aromatic carbocycles. The molecule has 4 nitrogen and oxygen atoms in total. The van der Waals surface area contributed by atoms with E-state index in [0.29, 0.717) is 0 Å². The third kappa shape index (κ3) is 2.03. The van der Waals surface area contributed by atoms with Crippen LogP contribution in [-0.4, -0.2) is 30.1 Å². The zero-order chi connectivity index (χ0) is 13.3. The molecule has 4 heteroatoms. The third-order valence-electron chi connectivity index (χ3n) is 3.56. The topological polar surface area (TPSA) is 49.6 Å². The van der Waals surface area contributed by atoms with E-state index in [1.54, 1.807) is 0 Å². The van der Waals surface area contributed by atoms with Crippen molar-refractivity contribution in [2.24, 2.45) is 0 Å². The lowest BCUT2D eigenvalue weighted by Crippen LogP contribution is -2.45. The summed E-state index contributed by atoms with van der Waals surface area (Å²) in [6.07, 6.45) is 0.882. The van der Waals surface area contributed by atoms with E-state index < -0.39 is 0 Å². The molecule has 1 atom stereocenters. The van der Waals surface area contributed by atoms with Gasteiger partial charge in [-0.1, -0.05) is 0 Å². The molecule has 0 aromatic heterocycles. The first-order chi connectivity index (χ1) is 8.58. The van der Waals surface area contributed by atoms with Gasteiger partial charge in [0.05, 0.1) is 0 Å². The fraction of sp³-hybridized carbons (Fsp3) is 0.500. The average molecular weight is 247 g/mol. The molecule has 0 bridgehead atoms. The van der Waals surface area contributed by atoms with E-state index in [-0.39, 0.29) is 12.1 Å². The van der Waals surface area contributed by atoms with Crippen LogP contribution in [0.3, 0.4) is 0 Å². The maximum atomic E-state index is 12.5. The van der Waals surface area contributed by atoms with Crippen LogP contribution in [0.5, 0.6) is 0 Å². The SMILES string of the molecule is CCN(CC)C(=O)N1c2ccc(N)cc2CC1C. The van der Waals surface area contributed by atoms with Gasteiger partial charge >= 0.3 is 6.03 Å². The second kappa shape index (κ2) is 4.88. The number of urea groups is 1. The summed E-state index contributed by atoms with van der Waals surface area (Å²) in [4.78, 5) is 16.2. The maximum Gasteiger partial charge on any atom is 0.324 e. The number of nitrogen functional groups attached to an aromatic ring is 1. The molecule has 1 aliphatic rings. The van der Waals surface area contributed by atoms with Gasteiger partial charge in [0.25, 0.3) is 0 Å². The molecule has 2 N–H and O–H groups in total. The van der Waals surface area contributed by atoms with Crippen molar-refractivity contribution in [3.63, 3.8) is 0 Å². The Bertz CT molecular complexity index is 454. The Morgan fingerprint density at radius 1 is 1.44 bits per heavy atom. The van der Waals surface area contributed by atoms with Crippen molar-refractivity contribution < 1.29 is 4.79 Å². The van der Waals surface area contributed by atoms with Crippen molar-refractivity contribution in [2.75, 3.05) is 23.7 Å². The first kappa shape index (κ1) is 12.7. The van der Waals surface area contributed by atoms with Gasteiger partial charge in [0.2, 0.25) is 0 Å². The molecule has 98 valence electrons. The average Bonchev–Trinajstić information content (AvgIpc) is 2.65. The minimum atomic E-state index is 0.0935. The number of fused-ring (bicyclic) bond motifs is 1. The number of amides is 2. The number of carbonyl (C=O) groups is 1. The molecule has 0 fully saturated rings. The Morgan fingerprint density at radius 2 is 2.11 bits per heavy atom. The van der Waals surface area contributed by atoms with Crippen molar-refractivity contribution >= 4 is 17.4 Å². The number of hydrogen-bond donors (Lipinski definition) is 1. The lowest BCUT2D eigenvalue weighted by molar-refractivity contribution is 0.208. The van der Waals surface area contributed by atoms with Gasteiger partial charge in [-0.3, -0.25) is 4.90 Å². The van der Waals surface area contributed by atoms with Crippen LogP contribution >= 0.6 is 0 Å². The van der Waals surface area contributed by atoms with Crippen molar-refractivity contribution in [3.05, 3.63) is 23.8 Å². The normalized spacial score (nSPS) is 17.7. The highest BCUT2D eigenvalue weighted by molar-refractivity contribution is 5.95. The summed E-state index contributed by atoms with van der Waals surface area (Å²) in [6, 6.07) is 6.09. The van der Waals surface area contributed by atoms with Crippen LogP contribution in [0.15, 0.2) is 18.2 Å². The predicted octanol–water partition coefficient (Wildman–Crippen LogP) is 2.48. The Kier molecular flexibility index (Phi) is 3.45. The first-order valence-electron chi connectivity index (χ1n) is 6.55. The minimum absolute atomic E-state index is 0.0935.